The summed E-state index contributed by atoms with van der Waals surface area (Å²) in [6.45, 7) is 0. The fraction of sp³-hybridized carbons (Fsp3) is 0. The highest BCUT2D eigenvalue weighted by molar-refractivity contribution is 6.18. The van der Waals surface area contributed by atoms with Crippen LogP contribution in [0.3, 0.4) is 0 Å². The number of aromatic nitrogens is 4. The fourth-order valence-electron chi connectivity index (χ4n) is 8.51. The van der Waals surface area contributed by atoms with E-state index in [1.807, 2.05) is 72.8 Å². The van der Waals surface area contributed by atoms with Crippen LogP contribution in [0.25, 0.3) is 117 Å². The van der Waals surface area contributed by atoms with Gasteiger partial charge in [-0.2, -0.15) is 0 Å². The van der Waals surface area contributed by atoms with Gasteiger partial charge < -0.3 is 13.4 Å². The summed E-state index contributed by atoms with van der Waals surface area (Å²) in [5.74, 6) is 1.75. The molecule has 6 nitrogen and oxygen atoms in total. The second-order valence-corrected chi connectivity index (χ2v) is 14.3. The summed E-state index contributed by atoms with van der Waals surface area (Å²) in [4.78, 5) is 15.0. The molecule has 0 saturated heterocycles. The van der Waals surface area contributed by atoms with Crippen LogP contribution in [0, 0.1) is 0 Å². The van der Waals surface area contributed by atoms with Crippen molar-refractivity contribution < 1.29 is 8.83 Å². The molecule has 6 heteroatoms. The average molecular weight is 731 g/mol. The molecule has 57 heavy (non-hydrogen) atoms. The van der Waals surface area contributed by atoms with Gasteiger partial charge in [0.15, 0.2) is 23.1 Å². The first kappa shape index (κ1) is 31.5. The van der Waals surface area contributed by atoms with Crippen molar-refractivity contribution in [1.82, 2.24) is 19.5 Å². The van der Waals surface area contributed by atoms with E-state index in [0.29, 0.717) is 17.5 Å². The van der Waals surface area contributed by atoms with Gasteiger partial charge in [0.05, 0.1) is 22.3 Å². The molecule has 0 aliphatic carbocycles. The molecule has 0 N–H and O–H groups in total. The highest BCUT2D eigenvalue weighted by Gasteiger charge is 2.23. The second-order valence-electron chi connectivity index (χ2n) is 14.3. The Morgan fingerprint density at radius 2 is 0.684 bits per heavy atom. The topological polar surface area (TPSA) is 69.9 Å². The van der Waals surface area contributed by atoms with Gasteiger partial charge in [-0.3, -0.25) is 0 Å². The molecule has 4 aromatic heterocycles. The Morgan fingerprint density at radius 3 is 1.23 bits per heavy atom. The average Bonchev–Trinajstić information content (AvgIpc) is 3.97. The zero-order valence-corrected chi connectivity index (χ0v) is 30.4. The van der Waals surface area contributed by atoms with Gasteiger partial charge in [0.1, 0.15) is 16.7 Å². The van der Waals surface area contributed by atoms with Crippen LogP contribution in [0.15, 0.2) is 191 Å². The molecule has 0 bridgehead atoms. The minimum Gasteiger partial charge on any atom is -0.455 e. The van der Waals surface area contributed by atoms with E-state index >= 15 is 0 Å². The molecule has 8 aromatic carbocycles. The van der Waals surface area contributed by atoms with E-state index in [4.69, 9.17) is 23.8 Å². The molecule has 0 aliphatic heterocycles. The summed E-state index contributed by atoms with van der Waals surface area (Å²) in [5, 5.41) is 6.52. The molecule has 4 heterocycles. The third-order valence-corrected chi connectivity index (χ3v) is 11.1. The van der Waals surface area contributed by atoms with Gasteiger partial charge in [-0.25, -0.2) is 15.0 Å². The molecular formula is C51H30N4O2. The minimum atomic E-state index is 0.547. The van der Waals surface area contributed by atoms with Gasteiger partial charge in [0.25, 0.3) is 0 Å². The monoisotopic (exact) mass is 730 g/mol. The van der Waals surface area contributed by atoms with Crippen molar-refractivity contribution in [2.24, 2.45) is 0 Å². The maximum absolute atomic E-state index is 7.03. The van der Waals surface area contributed by atoms with Gasteiger partial charge >= 0.3 is 0 Å². The van der Waals surface area contributed by atoms with E-state index in [1.165, 1.54) is 10.8 Å². The Bertz CT molecular complexity index is 3410. The second kappa shape index (κ2) is 12.3. The Kier molecular flexibility index (Phi) is 6.83. The van der Waals surface area contributed by atoms with Crippen LogP contribution >= 0.6 is 0 Å². The van der Waals surface area contributed by atoms with Gasteiger partial charge in [0.2, 0.25) is 0 Å². The molecule has 0 radical (unpaired) electrons. The van der Waals surface area contributed by atoms with Crippen LogP contribution < -0.4 is 0 Å². The van der Waals surface area contributed by atoms with Crippen molar-refractivity contribution in [2.75, 3.05) is 0 Å². The van der Waals surface area contributed by atoms with E-state index in [1.54, 1.807) is 0 Å². The summed E-state index contributed by atoms with van der Waals surface area (Å²) < 4.78 is 16.3. The fourth-order valence-corrected chi connectivity index (χ4v) is 8.51. The highest BCUT2D eigenvalue weighted by atomic mass is 16.3. The number of benzene rings is 8. The lowest BCUT2D eigenvalue weighted by atomic mass is 9.99. The first-order valence-corrected chi connectivity index (χ1v) is 19.0. The molecule has 0 aliphatic rings. The molecule has 0 fully saturated rings. The molecule has 0 saturated carbocycles. The Balaban J connectivity index is 1.07. The first-order chi connectivity index (χ1) is 28.3. The summed E-state index contributed by atoms with van der Waals surface area (Å²) in [6.07, 6.45) is 0. The van der Waals surface area contributed by atoms with Crippen molar-refractivity contribution in [3.63, 3.8) is 0 Å². The van der Waals surface area contributed by atoms with Crippen molar-refractivity contribution in [3.05, 3.63) is 182 Å². The van der Waals surface area contributed by atoms with Crippen molar-refractivity contribution in [2.45, 2.75) is 0 Å². The lowest BCUT2D eigenvalue weighted by Gasteiger charge is -2.08. The van der Waals surface area contributed by atoms with Gasteiger partial charge in [-0.05, 0) is 24.3 Å². The number of hydrogen-bond acceptors (Lipinski definition) is 5. The maximum Gasteiger partial charge on any atom is 0.167 e. The minimum absolute atomic E-state index is 0.547. The van der Waals surface area contributed by atoms with Crippen molar-refractivity contribution in [3.8, 4) is 51.0 Å². The SMILES string of the molecule is c1ccc(-c2nc(-c3ccccc3)nc(-c3cccc4c3oc3c(-c5cccc6c5oc5c(-n7c8ccccc8c8ccccc87)cccc56)cccc34)n2)cc1. The lowest BCUT2D eigenvalue weighted by molar-refractivity contribution is 0.664. The number of fused-ring (bicyclic) bond motifs is 9. The van der Waals surface area contributed by atoms with E-state index in [-0.39, 0.29) is 0 Å². The largest absolute Gasteiger partial charge is 0.455 e. The van der Waals surface area contributed by atoms with Crippen LogP contribution in [0.2, 0.25) is 0 Å². The third kappa shape index (κ3) is 4.81. The molecule has 0 atom stereocenters. The van der Waals surface area contributed by atoms with Crippen LogP contribution in [0.4, 0.5) is 0 Å². The normalized spacial score (nSPS) is 11.9. The van der Waals surface area contributed by atoms with Crippen LogP contribution in [-0.2, 0) is 0 Å². The number of furan rings is 2. The van der Waals surface area contributed by atoms with Crippen molar-refractivity contribution in [1.29, 1.82) is 0 Å². The lowest BCUT2D eigenvalue weighted by Crippen LogP contribution is -2.00. The van der Waals surface area contributed by atoms with E-state index in [0.717, 1.165) is 88.4 Å². The van der Waals surface area contributed by atoms with Crippen LogP contribution in [0.1, 0.15) is 0 Å². The summed E-state index contributed by atoms with van der Waals surface area (Å²) in [7, 11) is 0. The van der Waals surface area contributed by atoms with Crippen LogP contribution in [-0.4, -0.2) is 19.5 Å². The molecule has 0 unspecified atom stereocenters. The smallest absolute Gasteiger partial charge is 0.167 e. The van der Waals surface area contributed by atoms with E-state index in [2.05, 4.69) is 114 Å². The van der Waals surface area contributed by atoms with Gasteiger partial charge in [0, 0.05) is 54.6 Å². The number of hydrogen-bond donors (Lipinski definition) is 0. The number of para-hydroxylation sites is 6. The molecule has 0 spiro atoms. The zero-order valence-electron chi connectivity index (χ0n) is 30.4. The molecule has 12 rings (SSSR count). The van der Waals surface area contributed by atoms with Crippen molar-refractivity contribution >= 4 is 65.7 Å². The third-order valence-electron chi connectivity index (χ3n) is 11.1. The summed E-state index contributed by atoms with van der Waals surface area (Å²) in [5.41, 5.74) is 10.9. The standard InChI is InChI=1S/C51H30N4O2/c1-3-15-31(16-4-1)49-52-50(32-17-5-2-6-18-32)54-51(53-49)41-27-13-25-38-37-23-11-21-35(45(37)56-47(38)41)36-22-12-24-39-40-26-14-30-44(48(40)57-46(36)39)55-42-28-9-7-19-33(42)34-20-8-10-29-43(34)55/h1-30H. The summed E-state index contributed by atoms with van der Waals surface area (Å²) >= 11 is 0. The predicted molar refractivity (Wildman–Crippen MR) is 230 cm³/mol. The molecule has 266 valence electrons. The molecule has 0 amide bonds. The highest BCUT2D eigenvalue weighted by Crippen LogP contribution is 2.44. The van der Waals surface area contributed by atoms with E-state index < -0.39 is 0 Å². The predicted octanol–water partition coefficient (Wildman–Crippen LogP) is 13.4. The quantitative estimate of drug-likeness (QED) is 0.176. The Morgan fingerprint density at radius 1 is 0.298 bits per heavy atom. The molecule has 12 aromatic rings. The molecular weight excluding hydrogens is 701 g/mol. The zero-order chi connectivity index (χ0) is 37.5. The van der Waals surface area contributed by atoms with E-state index in [9.17, 15) is 0 Å². The van der Waals surface area contributed by atoms with Gasteiger partial charge in [-0.15, -0.1) is 0 Å². The number of nitrogens with zero attached hydrogens (tertiary/aromatic N) is 4. The Labute approximate surface area is 325 Å². The number of rotatable bonds is 5. The maximum atomic E-state index is 7.03. The van der Waals surface area contributed by atoms with Gasteiger partial charge in [-0.1, -0.05) is 158 Å². The first-order valence-electron chi connectivity index (χ1n) is 19.0. The van der Waals surface area contributed by atoms with Crippen LogP contribution in [0.5, 0.6) is 0 Å². The summed E-state index contributed by atoms with van der Waals surface area (Å²) in [6, 6.07) is 62.5. The Hall–Kier alpha value is -7.83.